The van der Waals surface area contributed by atoms with Crippen molar-refractivity contribution < 1.29 is 0 Å². The monoisotopic (exact) mass is 200 g/mol. The van der Waals surface area contributed by atoms with Crippen molar-refractivity contribution in [2.24, 2.45) is 0 Å². The third kappa shape index (κ3) is 2.90. The van der Waals surface area contributed by atoms with Crippen LogP contribution in [0.15, 0.2) is 0 Å². The maximum absolute atomic E-state index is 7.87. The van der Waals surface area contributed by atoms with Crippen molar-refractivity contribution in [3.05, 3.63) is 0 Å². The van der Waals surface area contributed by atoms with Crippen molar-refractivity contribution >= 4 is 17.6 Å². The minimum absolute atomic E-state index is 0.600. The predicted octanol–water partition coefficient (Wildman–Crippen LogP) is 2.59. The molecule has 1 N–H and O–H groups in total. The van der Waals surface area contributed by atoms with Crippen LogP contribution < -0.4 is 0 Å². The van der Waals surface area contributed by atoms with Gasteiger partial charge in [0.2, 0.25) is 0 Å². The number of rotatable bonds is 4. The molecule has 1 saturated heterocycles. The van der Waals surface area contributed by atoms with Gasteiger partial charge in [0.15, 0.2) is 0 Å². The van der Waals surface area contributed by atoms with Crippen LogP contribution in [0.1, 0.15) is 32.6 Å². The van der Waals surface area contributed by atoms with Gasteiger partial charge >= 0.3 is 0 Å². The molecule has 3 heteroatoms. The van der Waals surface area contributed by atoms with Crippen LogP contribution >= 0.6 is 11.8 Å². The molecule has 0 aromatic heterocycles. The second-order valence-electron chi connectivity index (χ2n) is 3.61. The summed E-state index contributed by atoms with van der Waals surface area (Å²) in [6.07, 6.45) is 6.79. The van der Waals surface area contributed by atoms with E-state index in [4.69, 9.17) is 5.41 Å². The Morgan fingerprint density at radius 2 is 2.31 bits per heavy atom. The molecule has 0 saturated carbocycles. The Hall–Kier alpha value is -0.180. The molecule has 0 spiro atoms. The lowest BCUT2D eigenvalue weighted by molar-refractivity contribution is 0.293. The third-order valence-electron chi connectivity index (χ3n) is 2.68. The zero-order chi connectivity index (χ0) is 9.68. The maximum atomic E-state index is 7.87. The van der Waals surface area contributed by atoms with Gasteiger partial charge in [-0.2, -0.15) is 11.8 Å². The van der Waals surface area contributed by atoms with E-state index >= 15 is 0 Å². The van der Waals surface area contributed by atoms with E-state index in [-0.39, 0.29) is 0 Å². The van der Waals surface area contributed by atoms with Crippen LogP contribution in [0.5, 0.6) is 0 Å². The summed E-state index contributed by atoms with van der Waals surface area (Å²) >= 11 is 1.89. The molecule has 1 aliphatic heterocycles. The molecule has 0 radical (unpaired) electrons. The molecule has 0 amide bonds. The van der Waals surface area contributed by atoms with Crippen LogP contribution in [0.2, 0.25) is 0 Å². The summed E-state index contributed by atoms with van der Waals surface area (Å²) < 4.78 is 0. The zero-order valence-electron chi connectivity index (χ0n) is 8.68. The molecular weight excluding hydrogens is 180 g/mol. The molecule has 0 aromatic rings. The lowest BCUT2D eigenvalue weighted by atomic mass is 10.1. The molecule has 0 bridgehead atoms. The largest absolute Gasteiger partial charge is 0.357 e. The van der Waals surface area contributed by atoms with E-state index in [1.165, 1.54) is 25.0 Å². The Morgan fingerprint density at radius 1 is 1.54 bits per heavy atom. The van der Waals surface area contributed by atoms with Gasteiger partial charge in [-0.3, -0.25) is 5.41 Å². The van der Waals surface area contributed by atoms with E-state index in [2.05, 4.69) is 18.1 Å². The van der Waals surface area contributed by atoms with Crippen LogP contribution in [0.3, 0.4) is 0 Å². The fourth-order valence-electron chi connectivity index (χ4n) is 1.88. The lowest BCUT2D eigenvalue weighted by Crippen LogP contribution is -2.43. The van der Waals surface area contributed by atoms with Gasteiger partial charge in [0.25, 0.3) is 0 Å². The minimum Gasteiger partial charge on any atom is -0.357 e. The fraction of sp³-hybridized carbons (Fsp3) is 0.900. The van der Waals surface area contributed by atoms with Crippen LogP contribution in [0, 0.1) is 5.41 Å². The number of nitrogens with zero attached hydrogens (tertiary/aromatic N) is 1. The highest BCUT2D eigenvalue weighted by Gasteiger charge is 2.21. The highest BCUT2D eigenvalue weighted by molar-refractivity contribution is 7.98. The Bertz CT molecular complexity index is 170. The number of likely N-dealkylation sites (tertiary alicyclic amines) is 1. The minimum atomic E-state index is 0.600. The first-order valence-electron chi connectivity index (χ1n) is 5.12. The first kappa shape index (κ1) is 10.9. The van der Waals surface area contributed by atoms with Gasteiger partial charge in [0.05, 0.1) is 5.84 Å². The predicted molar refractivity (Wildman–Crippen MR) is 60.7 cm³/mol. The standard InChI is InChI=1S/C10H20N2S/c1-3-9(8-13-2)12-7-5-4-6-10(12)11/h9,11H,3-8H2,1-2H3. The molecule has 0 aliphatic carbocycles. The molecule has 1 aliphatic rings. The average molecular weight is 200 g/mol. The molecule has 1 heterocycles. The second-order valence-corrected chi connectivity index (χ2v) is 4.53. The van der Waals surface area contributed by atoms with Gasteiger partial charge in [-0.05, 0) is 25.5 Å². The van der Waals surface area contributed by atoms with Gasteiger partial charge in [-0.1, -0.05) is 6.92 Å². The smallest absolute Gasteiger partial charge is 0.0960 e. The molecule has 1 fully saturated rings. The first-order chi connectivity index (χ1) is 6.29. The van der Waals surface area contributed by atoms with E-state index in [0.717, 1.165) is 18.8 Å². The average Bonchev–Trinajstić information content (AvgIpc) is 2.16. The highest BCUT2D eigenvalue weighted by Crippen LogP contribution is 2.18. The Labute approximate surface area is 85.6 Å². The molecule has 0 aromatic carbocycles. The van der Waals surface area contributed by atoms with Crippen molar-refractivity contribution in [1.29, 1.82) is 5.41 Å². The topological polar surface area (TPSA) is 27.1 Å². The van der Waals surface area contributed by atoms with Gasteiger partial charge in [0.1, 0.15) is 0 Å². The quantitative estimate of drug-likeness (QED) is 0.755. The molecular formula is C10H20N2S. The van der Waals surface area contributed by atoms with E-state index in [0.29, 0.717) is 6.04 Å². The maximum Gasteiger partial charge on any atom is 0.0960 e. The Morgan fingerprint density at radius 3 is 2.85 bits per heavy atom. The van der Waals surface area contributed by atoms with Crippen molar-refractivity contribution in [3.63, 3.8) is 0 Å². The third-order valence-corrected chi connectivity index (χ3v) is 3.40. The molecule has 1 unspecified atom stereocenters. The Balaban J connectivity index is 2.49. The van der Waals surface area contributed by atoms with Gasteiger partial charge in [-0.15, -0.1) is 0 Å². The summed E-state index contributed by atoms with van der Waals surface area (Å²) in [5, 5.41) is 7.87. The number of amidine groups is 1. The van der Waals surface area contributed by atoms with Gasteiger partial charge < -0.3 is 4.90 Å². The zero-order valence-corrected chi connectivity index (χ0v) is 9.49. The van der Waals surface area contributed by atoms with Crippen LogP contribution in [0.4, 0.5) is 0 Å². The summed E-state index contributed by atoms with van der Waals surface area (Å²) in [6, 6.07) is 0.600. The lowest BCUT2D eigenvalue weighted by Gasteiger charge is -2.36. The summed E-state index contributed by atoms with van der Waals surface area (Å²) in [4.78, 5) is 2.31. The number of piperidine rings is 1. The summed E-state index contributed by atoms with van der Waals surface area (Å²) in [7, 11) is 0. The summed E-state index contributed by atoms with van der Waals surface area (Å²) in [5.74, 6) is 2.03. The number of hydrogen-bond donors (Lipinski definition) is 1. The van der Waals surface area contributed by atoms with Crippen molar-refractivity contribution in [2.75, 3.05) is 18.6 Å². The van der Waals surface area contributed by atoms with Crippen LogP contribution in [0.25, 0.3) is 0 Å². The SMILES string of the molecule is CCC(CSC)N1CCCCC1=N. The van der Waals surface area contributed by atoms with E-state index in [1.54, 1.807) is 0 Å². The normalized spacial score (nSPS) is 20.5. The first-order valence-corrected chi connectivity index (χ1v) is 6.52. The second kappa shape index (κ2) is 5.53. The van der Waals surface area contributed by atoms with Gasteiger partial charge in [-0.25, -0.2) is 0 Å². The van der Waals surface area contributed by atoms with E-state index in [9.17, 15) is 0 Å². The van der Waals surface area contributed by atoms with E-state index in [1.807, 2.05) is 11.8 Å². The molecule has 2 nitrogen and oxygen atoms in total. The highest BCUT2D eigenvalue weighted by atomic mass is 32.2. The summed E-state index contributed by atoms with van der Waals surface area (Å²) in [6.45, 7) is 3.33. The van der Waals surface area contributed by atoms with Crippen LogP contribution in [-0.4, -0.2) is 35.3 Å². The molecule has 1 atom stereocenters. The number of thioether (sulfide) groups is 1. The van der Waals surface area contributed by atoms with E-state index < -0.39 is 0 Å². The fourth-order valence-corrected chi connectivity index (χ4v) is 2.68. The summed E-state index contributed by atoms with van der Waals surface area (Å²) in [5.41, 5.74) is 0. The molecule has 76 valence electrons. The molecule has 13 heavy (non-hydrogen) atoms. The number of hydrogen-bond acceptors (Lipinski definition) is 2. The molecule has 1 rings (SSSR count). The van der Waals surface area contributed by atoms with Crippen LogP contribution in [-0.2, 0) is 0 Å². The van der Waals surface area contributed by atoms with Crippen molar-refractivity contribution in [3.8, 4) is 0 Å². The van der Waals surface area contributed by atoms with Crippen molar-refractivity contribution in [2.45, 2.75) is 38.6 Å². The van der Waals surface area contributed by atoms with Crippen molar-refractivity contribution in [1.82, 2.24) is 4.90 Å². The van der Waals surface area contributed by atoms with Gasteiger partial charge in [0, 0.05) is 24.8 Å². The Kier molecular flexibility index (Phi) is 4.64. The number of nitrogens with one attached hydrogen (secondary N) is 1.